The van der Waals surface area contributed by atoms with Crippen molar-refractivity contribution in [1.29, 1.82) is 0 Å². The van der Waals surface area contributed by atoms with E-state index in [2.05, 4.69) is 17.6 Å². The quantitative estimate of drug-likeness (QED) is 0.874. The Morgan fingerprint density at radius 3 is 2.84 bits per heavy atom. The minimum atomic E-state index is -0.00940. The molecule has 4 heteroatoms. The molecular weight excluding hydrogens is 240 g/mol. The van der Waals surface area contributed by atoms with Gasteiger partial charge in [-0.3, -0.25) is 4.79 Å². The van der Waals surface area contributed by atoms with Crippen LogP contribution in [-0.2, 0) is 4.74 Å². The van der Waals surface area contributed by atoms with E-state index in [0.717, 1.165) is 24.3 Å². The Hall–Kier alpha value is -1.55. The van der Waals surface area contributed by atoms with Crippen molar-refractivity contribution < 1.29 is 9.53 Å². The van der Waals surface area contributed by atoms with Gasteiger partial charge in [-0.2, -0.15) is 0 Å². The van der Waals surface area contributed by atoms with E-state index in [1.165, 1.54) is 0 Å². The predicted molar refractivity (Wildman–Crippen MR) is 76.6 cm³/mol. The number of hydrogen-bond donors (Lipinski definition) is 2. The highest BCUT2D eigenvalue weighted by Gasteiger charge is 2.24. The molecule has 104 valence electrons. The first-order chi connectivity index (χ1) is 9.11. The third kappa shape index (κ3) is 3.26. The normalized spacial score (nSPS) is 22.3. The first-order valence-corrected chi connectivity index (χ1v) is 6.80. The van der Waals surface area contributed by atoms with E-state index in [0.29, 0.717) is 18.0 Å². The summed E-state index contributed by atoms with van der Waals surface area (Å²) in [5, 5.41) is 6.09. The van der Waals surface area contributed by atoms with Crippen LogP contribution in [-0.4, -0.2) is 32.2 Å². The van der Waals surface area contributed by atoms with Gasteiger partial charge in [0.15, 0.2) is 0 Å². The second-order valence-corrected chi connectivity index (χ2v) is 5.11. The SMILES string of the molecule is CNc1ccc(C(=O)NCC2CCOC2C)cc1C. The van der Waals surface area contributed by atoms with Crippen molar-refractivity contribution in [3.05, 3.63) is 29.3 Å². The Bertz CT molecular complexity index is 459. The zero-order valence-corrected chi connectivity index (χ0v) is 11.8. The second kappa shape index (κ2) is 6.06. The molecule has 1 heterocycles. The summed E-state index contributed by atoms with van der Waals surface area (Å²) in [4.78, 5) is 12.1. The molecule has 0 saturated carbocycles. The van der Waals surface area contributed by atoms with E-state index in [1.807, 2.05) is 32.2 Å². The molecule has 0 aromatic heterocycles. The van der Waals surface area contributed by atoms with Crippen molar-refractivity contribution in [3.63, 3.8) is 0 Å². The van der Waals surface area contributed by atoms with E-state index in [9.17, 15) is 4.79 Å². The molecule has 1 saturated heterocycles. The maximum Gasteiger partial charge on any atom is 0.251 e. The van der Waals surface area contributed by atoms with Crippen molar-refractivity contribution >= 4 is 11.6 Å². The smallest absolute Gasteiger partial charge is 0.251 e. The second-order valence-electron chi connectivity index (χ2n) is 5.11. The Labute approximate surface area is 114 Å². The van der Waals surface area contributed by atoms with Gasteiger partial charge in [0.05, 0.1) is 6.10 Å². The van der Waals surface area contributed by atoms with E-state index in [4.69, 9.17) is 4.74 Å². The molecule has 1 aromatic carbocycles. The number of benzene rings is 1. The number of amides is 1. The molecular formula is C15H22N2O2. The summed E-state index contributed by atoms with van der Waals surface area (Å²) in [5.74, 6) is 0.423. The number of carbonyl (C=O) groups excluding carboxylic acids is 1. The molecule has 1 fully saturated rings. The number of carbonyl (C=O) groups is 1. The Balaban J connectivity index is 1.94. The number of aryl methyl sites for hydroxylation is 1. The first kappa shape index (κ1) is 13.9. The van der Waals surface area contributed by atoms with Crippen LogP contribution in [0.2, 0.25) is 0 Å². The Kier molecular flexibility index (Phi) is 4.43. The van der Waals surface area contributed by atoms with Crippen LogP contribution in [0.5, 0.6) is 0 Å². The molecule has 2 atom stereocenters. The summed E-state index contributed by atoms with van der Waals surface area (Å²) < 4.78 is 5.49. The van der Waals surface area contributed by atoms with E-state index < -0.39 is 0 Å². The zero-order valence-electron chi connectivity index (χ0n) is 11.8. The molecule has 0 bridgehead atoms. The standard InChI is InChI=1S/C15H22N2O2/c1-10-8-12(4-5-14(10)16-3)15(18)17-9-13-6-7-19-11(13)2/h4-5,8,11,13,16H,6-7,9H2,1-3H3,(H,17,18). The van der Waals surface area contributed by atoms with Crippen molar-refractivity contribution in [2.75, 3.05) is 25.5 Å². The number of nitrogens with one attached hydrogen (secondary N) is 2. The molecule has 0 radical (unpaired) electrons. The fourth-order valence-corrected chi connectivity index (χ4v) is 2.46. The molecule has 2 N–H and O–H groups in total. The summed E-state index contributed by atoms with van der Waals surface area (Å²) in [5.41, 5.74) is 2.84. The molecule has 4 nitrogen and oxygen atoms in total. The zero-order chi connectivity index (χ0) is 13.8. The van der Waals surface area contributed by atoms with Crippen molar-refractivity contribution in [2.45, 2.75) is 26.4 Å². The van der Waals surface area contributed by atoms with E-state index in [-0.39, 0.29) is 12.0 Å². The summed E-state index contributed by atoms with van der Waals surface area (Å²) in [6.07, 6.45) is 1.27. The first-order valence-electron chi connectivity index (χ1n) is 6.80. The van der Waals surface area contributed by atoms with Gasteiger partial charge in [-0.05, 0) is 44.0 Å². The van der Waals surface area contributed by atoms with E-state index in [1.54, 1.807) is 0 Å². The maximum atomic E-state index is 12.1. The fraction of sp³-hybridized carbons (Fsp3) is 0.533. The van der Waals surface area contributed by atoms with Crippen LogP contribution in [0, 0.1) is 12.8 Å². The Morgan fingerprint density at radius 2 is 2.26 bits per heavy atom. The molecule has 0 spiro atoms. The maximum absolute atomic E-state index is 12.1. The number of ether oxygens (including phenoxy) is 1. The van der Waals surface area contributed by atoms with Crippen LogP contribution in [0.15, 0.2) is 18.2 Å². The van der Waals surface area contributed by atoms with Gasteiger partial charge in [-0.1, -0.05) is 0 Å². The number of anilines is 1. The minimum absolute atomic E-state index is 0.00940. The van der Waals surface area contributed by atoms with Crippen molar-refractivity contribution in [3.8, 4) is 0 Å². The minimum Gasteiger partial charge on any atom is -0.388 e. The number of hydrogen-bond acceptors (Lipinski definition) is 3. The van der Waals surface area contributed by atoms with Gasteiger partial charge in [0, 0.05) is 37.4 Å². The molecule has 19 heavy (non-hydrogen) atoms. The molecule has 2 rings (SSSR count). The van der Waals surface area contributed by atoms with Crippen LogP contribution in [0.25, 0.3) is 0 Å². The summed E-state index contributed by atoms with van der Waals surface area (Å²) in [6.45, 7) is 5.55. The molecule has 0 aliphatic carbocycles. The average molecular weight is 262 g/mol. The van der Waals surface area contributed by atoms with Crippen LogP contribution in [0.3, 0.4) is 0 Å². The number of rotatable bonds is 4. The van der Waals surface area contributed by atoms with Gasteiger partial charge < -0.3 is 15.4 Å². The third-order valence-corrected chi connectivity index (χ3v) is 3.82. The molecule has 1 aliphatic heterocycles. The summed E-state index contributed by atoms with van der Waals surface area (Å²) >= 11 is 0. The lowest BCUT2D eigenvalue weighted by Gasteiger charge is -2.15. The largest absolute Gasteiger partial charge is 0.388 e. The van der Waals surface area contributed by atoms with Crippen LogP contribution in [0.4, 0.5) is 5.69 Å². The van der Waals surface area contributed by atoms with Crippen molar-refractivity contribution in [2.24, 2.45) is 5.92 Å². The highest BCUT2D eigenvalue weighted by molar-refractivity contribution is 5.94. The highest BCUT2D eigenvalue weighted by Crippen LogP contribution is 2.20. The van der Waals surface area contributed by atoms with Gasteiger partial charge in [0.1, 0.15) is 0 Å². The van der Waals surface area contributed by atoms with Gasteiger partial charge in [0.25, 0.3) is 5.91 Å². The van der Waals surface area contributed by atoms with Crippen LogP contribution >= 0.6 is 0 Å². The fourth-order valence-electron chi connectivity index (χ4n) is 2.46. The molecule has 1 amide bonds. The van der Waals surface area contributed by atoms with Crippen LogP contribution in [0.1, 0.15) is 29.3 Å². The average Bonchev–Trinajstić information content (AvgIpc) is 2.81. The molecule has 1 aromatic rings. The lowest BCUT2D eigenvalue weighted by atomic mass is 10.0. The topological polar surface area (TPSA) is 50.4 Å². The van der Waals surface area contributed by atoms with Crippen LogP contribution < -0.4 is 10.6 Å². The monoisotopic (exact) mass is 262 g/mol. The van der Waals surface area contributed by atoms with Gasteiger partial charge >= 0.3 is 0 Å². The lowest BCUT2D eigenvalue weighted by molar-refractivity contribution is 0.0907. The van der Waals surface area contributed by atoms with Crippen molar-refractivity contribution in [1.82, 2.24) is 5.32 Å². The Morgan fingerprint density at radius 1 is 1.47 bits per heavy atom. The lowest BCUT2D eigenvalue weighted by Crippen LogP contribution is -2.32. The summed E-state index contributed by atoms with van der Waals surface area (Å²) in [6, 6.07) is 5.70. The molecule has 1 aliphatic rings. The van der Waals surface area contributed by atoms with Gasteiger partial charge in [-0.15, -0.1) is 0 Å². The molecule has 2 unspecified atom stereocenters. The summed E-state index contributed by atoms with van der Waals surface area (Å²) in [7, 11) is 1.88. The van der Waals surface area contributed by atoms with Gasteiger partial charge in [-0.25, -0.2) is 0 Å². The third-order valence-electron chi connectivity index (χ3n) is 3.82. The highest BCUT2D eigenvalue weighted by atomic mass is 16.5. The predicted octanol–water partition coefficient (Wildman–Crippen LogP) is 2.19. The van der Waals surface area contributed by atoms with Gasteiger partial charge in [0.2, 0.25) is 0 Å². The van der Waals surface area contributed by atoms with E-state index >= 15 is 0 Å².